The molecule has 2 heterocycles. The number of rotatable bonds is 4. The molecule has 1 amide bonds. The van der Waals surface area contributed by atoms with Crippen molar-refractivity contribution in [3.63, 3.8) is 0 Å². The quantitative estimate of drug-likeness (QED) is 0.875. The van der Waals surface area contributed by atoms with Crippen LogP contribution in [-0.4, -0.2) is 58.0 Å². The SMILES string of the molecule is C[C@H](C(=O)O)N(C)C(=O)C1CCN(c2cnccn2)CC1. The molecule has 0 aliphatic carbocycles. The lowest BCUT2D eigenvalue weighted by molar-refractivity contribution is -0.150. The van der Waals surface area contributed by atoms with E-state index in [1.54, 1.807) is 25.6 Å². The fourth-order valence-electron chi connectivity index (χ4n) is 2.45. The Kier molecular flexibility index (Phi) is 4.72. The Labute approximate surface area is 123 Å². The van der Waals surface area contributed by atoms with E-state index in [9.17, 15) is 9.59 Å². The molecule has 1 saturated heterocycles. The van der Waals surface area contributed by atoms with Crippen LogP contribution in [0.25, 0.3) is 0 Å². The lowest BCUT2D eigenvalue weighted by Gasteiger charge is -2.34. The molecule has 7 nitrogen and oxygen atoms in total. The summed E-state index contributed by atoms with van der Waals surface area (Å²) in [5.74, 6) is -0.382. The van der Waals surface area contributed by atoms with Crippen molar-refractivity contribution >= 4 is 17.7 Å². The zero-order valence-electron chi connectivity index (χ0n) is 12.3. The van der Waals surface area contributed by atoms with Crippen LogP contribution in [0.5, 0.6) is 0 Å². The van der Waals surface area contributed by atoms with E-state index in [0.717, 1.165) is 18.9 Å². The smallest absolute Gasteiger partial charge is 0.326 e. The van der Waals surface area contributed by atoms with Gasteiger partial charge in [0.25, 0.3) is 0 Å². The van der Waals surface area contributed by atoms with E-state index in [0.29, 0.717) is 12.8 Å². The highest BCUT2D eigenvalue weighted by molar-refractivity contribution is 5.84. The van der Waals surface area contributed by atoms with Gasteiger partial charge in [-0.3, -0.25) is 9.78 Å². The highest BCUT2D eigenvalue weighted by Gasteiger charge is 2.31. The molecular formula is C14H20N4O3. The van der Waals surface area contributed by atoms with Crippen molar-refractivity contribution in [1.29, 1.82) is 0 Å². The minimum atomic E-state index is -0.983. The predicted octanol–water partition coefficient (Wildman–Crippen LogP) is 0.625. The summed E-state index contributed by atoms with van der Waals surface area (Å²) in [7, 11) is 1.55. The number of carboxylic acid groups (broad SMARTS) is 1. The molecule has 1 aliphatic rings. The molecule has 21 heavy (non-hydrogen) atoms. The molecule has 114 valence electrons. The molecule has 0 unspecified atom stereocenters. The zero-order valence-corrected chi connectivity index (χ0v) is 12.3. The summed E-state index contributed by atoms with van der Waals surface area (Å²) in [4.78, 5) is 35.0. The number of aromatic nitrogens is 2. The van der Waals surface area contributed by atoms with Crippen LogP contribution in [0.3, 0.4) is 0 Å². The van der Waals surface area contributed by atoms with Crippen LogP contribution < -0.4 is 4.90 Å². The molecule has 0 bridgehead atoms. The van der Waals surface area contributed by atoms with Crippen molar-refractivity contribution in [1.82, 2.24) is 14.9 Å². The van der Waals surface area contributed by atoms with Gasteiger partial charge >= 0.3 is 5.97 Å². The third-order valence-electron chi connectivity index (χ3n) is 4.00. The molecule has 1 aromatic rings. The zero-order chi connectivity index (χ0) is 15.4. The summed E-state index contributed by atoms with van der Waals surface area (Å²) in [6.45, 7) is 2.98. The van der Waals surface area contributed by atoms with E-state index in [1.165, 1.54) is 11.8 Å². The van der Waals surface area contributed by atoms with Crippen LogP contribution >= 0.6 is 0 Å². The largest absolute Gasteiger partial charge is 0.480 e. The first-order valence-corrected chi connectivity index (χ1v) is 7.01. The van der Waals surface area contributed by atoms with Crippen LogP contribution in [0.15, 0.2) is 18.6 Å². The first kappa shape index (κ1) is 15.2. The van der Waals surface area contributed by atoms with E-state index in [1.807, 2.05) is 0 Å². The molecule has 1 aliphatic heterocycles. The number of nitrogens with zero attached hydrogens (tertiary/aromatic N) is 4. The Morgan fingerprint density at radius 3 is 2.57 bits per heavy atom. The van der Waals surface area contributed by atoms with E-state index in [-0.39, 0.29) is 11.8 Å². The van der Waals surface area contributed by atoms with Crippen LogP contribution in [-0.2, 0) is 9.59 Å². The molecule has 1 atom stereocenters. The van der Waals surface area contributed by atoms with Gasteiger partial charge in [0.1, 0.15) is 11.9 Å². The normalized spacial score (nSPS) is 17.3. The predicted molar refractivity (Wildman–Crippen MR) is 76.8 cm³/mol. The van der Waals surface area contributed by atoms with Gasteiger partial charge in [0, 0.05) is 38.4 Å². The summed E-state index contributed by atoms with van der Waals surface area (Å²) in [5.41, 5.74) is 0. The minimum Gasteiger partial charge on any atom is -0.480 e. The molecule has 2 rings (SSSR count). The summed E-state index contributed by atoms with van der Waals surface area (Å²) in [5, 5.41) is 8.97. The van der Waals surface area contributed by atoms with Crippen molar-refractivity contribution in [3.05, 3.63) is 18.6 Å². The second-order valence-electron chi connectivity index (χ2n) is 5.29. The topological polar surface area (TPSA) is 86.6 Å². The lowest BCUT2D eigenvalue weighted by atomic mass is 9.95. The number of aliphatic carboxylic acids is 1. The van der Waals surface area contributed by atoms with E-state index in [2.05, 4.69) is 14.9 Å². The number of carbonyl (C=O) groups is 2. The molecule has 0 saturated carbocycles. The Bertz CT molecular complexity index is 500. The molecule has 0 radical (unpaired) electrons. The third-order valence-corrected chi connectivity index (χ3v) is 4.00. The number of piperidine rings is 1. The Morgan fingerprint density at radius 1 is 1.38 bits per heavy atom. The maximum absolute atomic E-state index is 12.3. The van der Waals surface area contributed by atoms with E-state index >= 15 is 0 Å². The molecule has 1 fully saturated rings. The summed E-state index contributed by atoms with van der Waals surface area (Å²) < 4.78 is 0. The Balaban J connectivity index is 1.92. The van der Waals surface area contributed by atoms with Gasteiger partial charge in [-0.25, -0.2) is 9.78 Å². The third kappa shape index (κ3) is 3.48. The molecule has 1 N–H and O–H groups in total. The standard InChI is InChI=1S/C14H20N4O3/c1-10(14(20)21)17(2)13(19)11-3-7-18(8-4-11)12-9-15-5-6-16-12/h5-6,9-11H,3-4,7-8H2,1-2H3,(H,20,21)/t10-/m1/s1. The summed E-state index contributed by atoms with van der Waals surface area (Å²) >= 11 is 0. The molecule has 0 aromatic carbocycles. The second-order valence-corrected chi connectivity index (χ2v) is 5.29. The highest BCUT2D eigenvalue weighted by atomic mass is 16.4. The Morgan fingerprint density at radius 2 is 2.05 bits per heavy atom. The molecule has 1 aromatic heterocycles. The van der Waals surface area contributed by atoms with Gasteiger partial charge in [0.05, 0.1) is 6.20 Å². The van der Waals surface area contributed by atoms with Gasteiger partial charge < -0.3 is 14.9 Å². The first-order valence-electron chi connectivity index (χ1n) is 7.01. The summed E-state index contributed by atoms with van der Waals surface area (Å²) in [6.07, 6.45) is 6.38. The second kappa shape index (κ2) is 6.51. The fourth-order valence-corrected chi connectivity index (χ4v) is 2.45. The number of hydrogen-bond acceptors (Lipinski definition) is 5. The van der Waals surface area contributed by atoms with Crippen molar-refractivity contribution in [2.75, 3.05) is 25.0 Å². The fraction of sp³-hybridized carbons (Fsp3) is 0.571. The van der Waals surface area contributed by atoms with Crippen molar-refractivity contribution in [2.45, 2.75) is 25.8 Å². The first-order chi connectivity index (χ1) is 10.0. The van der Waals surface area contributed by atoms with Crippen LogP contribution in [0.4, 0.5) is 5.82 Å². The van der Waals surface area contributed by atoms with Gasteiger partial charge in [-0.1, -0.05) is 0 Å². The monoisotopic (exact) mass is 292 g/mol. The average Bonchev–Trinajstić information content (AvgIpc) is 2.53. The van der Waals surface area contributed by atoms with Crippen LogP contribution in [0.2, 0.25) is 0 Å². The minimum absolute atomic E-state index is 0.0938. The number of amides is 1. The van der Waals surface area contributed by atoms with Gasteiger partial charge in [-0.2, -0.15) is 0 Å². The van der Waals surface area contributed by atoms with E-state index in [4.69, 9.17) is 5.11 Å². The molecular weight excluding hydrogens is 272 g/mol. The molecule has 0 spiro atoms. The number of hydrogen-bond donors (Lipinski definition) is 1. The number of anilines is 1. The van der Waals surface area contributed by atoms with Gasteiger partial charge in [-0.15, -0.1) is 0 Å². The van der Waals surface area contributed by atoms with Crippen molar-refractivity contribution in [2.24, 2.45) is 5.92 Å². The van der Waals surface area contributed by atoms with Crippen molar-refractivity contribution < 1.29 is 14.7 Å². The molecule has 7 heteroatoms. The highest BCUT2D eigenvalue weighted by Crippen LogP contribution is 2.23. The lowest BCUT2D eigenvalue weighted by Crippen LogP contribution is -2.46. The van der Waals surface area contributed by atoms with E-state index < -0.39 is 12.0 Å². The Hall–Kier alpha value is -2.18. The maximum atomic E-state index is 12.3. The number of carbonyl (C=O) groups excluding carboxylic acids is 1. The van der Waals surface area contributed by atoms with Crippen LogP contribution in [0, 0.1) is 5.92 Å². The van der Waals surface area contributed by atoms with Crippen LogP contribution in [0.1, 0.15) is 19.8 Å². The average molecular weight is 292 g/mol. The van der Waals surface area contributed by atoms with Gasteiger partial charge in [-0.05, 0) is 19.8 Å². The maximum Gasteiger partial charge on any atom is 0.326 e. The van der Waals surface area contributed by atoms with Crippen molar-refractivity contribution in [3.8, 4) is 0 Å². The summed E-state index contributed by atoms with van der Waals surface area (Å²) in [6, 6.07) is -0.796. The number of carboxylic acids is 1. The van der Waals surface area contributed by atoms with Gasteiger partial charge in [0.2, 0.25) is 5.91 Å². The number of likely N-dealkylation sites (N-methyl/N-ethyl adjacent to an activating group) is 1. The van der Waals surface area contributed by atoms with Gasteiger partial charge in [0.15, 0.2) is 0 Å².